The van der Waals surface area contributed by atoms with E-state index in [9.17, 15) is 4.39 Å². The molecule has 0 amide bonds. The molecule has 0 spiro atoms. The number of aryl methyl sites for hydroxylation is 1. The normalized spacial score (nSPS) is 10.4. The monoisotopic (exact) mass is 245 g/mol. The smallest absolute Gasteiger partial charge is 0.131 e. The highest BCUT2D eigenvalue weighted by atomic mass is 19.1. The molecular formula is C15H16FNO. The third kappa shape index (κ3) is 2.87. The molecule has 0 heterocycles. The minimum Gasteiger partial charge on any atom is -0.457 e. The summed E-state index contributed by atoms with van der Waals surface area (Å²) in [5.41, 5.74) is 1.86. The number of benzene rings is 2. The highest BCUT2D eigenvalue weighted by Gasteiger charge is 2.06. The van der Waals surface area contributed by atoms with Crippen molar-refractivity contribution >= 4 is 0 Å². The van der Waals surface area contributed by atoms with E-state index in [0.717, 1.165) is 23.4 Å². The van der Waals surface area contributed by atoms with E-state index in [4.69, 9.17) is 4.74 Å². The molecule has 0 aromatic heterocycles. The Morgan fingerprint density at radius 3 is 2.61 bits per heavy atom. The molecule has 0 fully saturated rings. The van der Waals surface area contributed by atoms with Gasteiger partial charge >= 0.3 is 0 Å². The molecule has 2 aromatic carbocycles. The fourth-order valence-electron chi connectivity index (χ4n) is 1.79. The van der Waals surface area contributed by atoms with Crippen molar-refractivity contribution in [3.63, 3.8) is 0 Å². The summed E-state index contributed by atoms with van der Waals surface area (Å²) >= 11 is 0. The van der Waals surface area contributed by atoms with Crippen molar-refractivity contribution in [3.8, 4) is 11.5 Å². The molecule has 0 aliphatic rings. The predicted octanol–water partition coefficient (Wildman–Crippen LogP) is 3.65. The van der Waals surface area contributed by atoms with Gasteiger partial charge in [0.15, 0.2) is 0 Å². The lowest BCUT2D eigenvalue weighted by Crippen LogP contribution is -2.06. The molecule has 2 aromatic rings. The molecule has 0 saturated heterocycles. The molecule has 0 radical (unpaired) electrons. The van der Waals surface area contributed by atoms with Gasteiger partial charge in [-0.25, -0.2) is 4.39 Å². The Hall–Kier alpha value is -1.87. The van der Waals surface area contributed by atoms with E-state index in [1.807, 2.05) is 38.2 Å². The number of para-hydroxylation sites is 1. The van der Waals surface area contributed by atoms with Crippen molar-refractivity contribution in [1.82, 2.24) is 5.32 Å². The third-order valence-electron chi connectivity index (χ3n) is 2.70. The molecule has 2 rings (SSSR count). The van der Waals surface area contributed by atoms with Gasteiger partial charge in [-0.1, -0.05) is 18.2 Å². The molecule has 0 atom stereocenters. The molecule has 0 unspecified atom stereocenters. The Labute approximate surface area is 106 Å². The summed E-state index contributed by atoms with van der Waals surface area (Å²) in [5.74, 6) is 1.23. The van der Waals surface area contributed by atoms with Crippen LogP contribution in [0.15, 0.2) is 42.5 Å². The zero-order valence-electron chi connectivity index (χ0n) is 10.5. The van der Waals surface area contributed by atoms with E-state index >= 15 is 0 Å². The lowest BCUT2D eigenvalue weighted by Gasteiger charge is -2.12. The Morgan fingerprint density at radius 2 is 1.89 bits per heavy atom. The third-order valence-corrected chi connectivity index (χ3v) is 2.70. The fraction of sp³-hybridized carbons (Fsp3) is 0.200. The number of ether oxygens (including phenoxy) is 1. The van der Waals surface area contributed by atoms with Crippen LogP contribution in [0.5, 0.6) is 11.5 Å². The maximum atomic E-state index is 13.0. The van der Waals surface area contributed by atoms with Gasteiger partial charge in [0, 0.05) is 12.1 Å². The summed E-state index contributed by atoms with van der Waals surface area (Å²) in [4.78, 5) is 0. The Balaban J connectivity index is 2.28. The van der Waals surface area contributed by atoms with E-state index in [1.165, 1.54) is 12.1 Å². The van der Waals surface area contributed by atoms with Crippen LogP contribution in [0.3, 0.4) is 0 Å². The number of hydrogen-bond donors (Lipinski definition) is 1. The summed E-state index contributed by atoms with van der Waals surface area (Å²) in [6, 6.07) is 12.3. The zero-order chi connectivity index (χ0) is 13.0. The lowest BCUT2D eigenvalue weighted by molar-refractivity contribution is 0.468. The van der Waals surface area contributed by atoms with E-state index < -0.39 is 0 Å². The average molecular weight is 245 g/mol. The molecule has 3 heteroatoms. The molecule has 1 N–H and O–H groups in total. The van der Waals surface area contributed by atoms with Gasteiger partial charge in [0.1, 0.15) is 17.3 Å². The Bertz CT molecular complexity index is 540. The molecule has 0 aliphatic heterocycles. The van der Waals surface area contributed by atoms with Gasteiger partial charge in [-0.3, -0.25) is 0 Å². The van der Waals surface area contributed by atoms with Crippen LogP contribution in [0.25, 0.3) is 0 Å². The molecule has 18 heavy (non-hydrogen) atoms. The van der Waals surface area contributed by atoms with Crippen molar-refractivity contribution in [2.24, 2.45) is 0 Å². The van der Waals surface area contributed by atoms with Gasteiger partial charge in [-0.15, -0.1) is 0 Å². The average Bonchev–Trinajstić information content (AvgIpc) is 2.35. The Morgan fingerprint density at radius 1 is 1.11 bits per heavy atom. The quantitative estimate of drug-likeness (QED) is 0.887. The van der Waals surface area contributed by atoms with Crippen LogP contribution in [0, 0.1) is 12.7 Å². The van der Waals surface area contributed by atoms with Gasteiger partial charge in [-0.2, -0.15) is 0 Å². The molecule has 0 aliphatic carbocycles. The first-order valence-electron chi connectivity index (χ1n) is 5.87. The number of halogens is 1. The van der Waals surface area contributed by atoms with Crippen LogP contribution < -0.4 is 10.1 Å². The first kappa shape index (κ1) is 12.6. The van der Waals surface area contributed by atoms with Crippen molar-refractivity contribution in [3.05, 3.63) is 59.4 Å². The fourth-order valence-corrected chi connectivity index (χ4v) is 1.79. The second-order valence-electron chi connectivity index (χ2n) is 4.15. The van der Waals surface area contributed by atoms with E-state index in [-0.39, 0.29) is 5.82 Å². The van der Waals surface area contributed by atoms with E-state index in [2.05, 4.69) is 5.32 Å². The number of nitrogens with one attached hydrogen (secondary N) is 1. The topological polar surface area (TPSA) is 21.3 Å². The van der Waals surface area contributed by atoms with E-state index in [0.29, 0.717) is 5.75 Å². The van der Waals surface area contributed by atoms with Crippen LogP contribution in [0.1, 0.15) is 11.1 Å². The number of rotatable bonds is 4. The Kier molecular flexibility index (Phi) is 3.95. The maximum absolute atomic E-state index is 13.0. The van der Waals surface area contributed by atoms with Crippen molar-refractivity contribution in [2.45, 2.75) is 13.5 Å². The summed E-state index contributed by atoms with van der Waals surface area (Å²) in [5, 5.41) is 3.09. The second-order valence-corrected chi connectivity index (χ2v) is 4.15. The number of hydrogen-bond acceptors (Lipinski definition) is 2. The summed E-state index contributed by atoms with van der Waals surface area (Å²) in [6.45, 7) is 2.56. The van der Waals surface area contributed by atoms with Crippen LogP contribution >= 0.6 is 0 Å². The second kappa shape index (κ2) is 5.65. The van der Waals surface area contributed by atoms with Gasteiger partial charge in [0.2, 0.25) is 0 Å². The largest absolute Gasteiger partial charge is 0.457 e. The predicted molar refractivity (Wildman–Crippen MR) is 70.4 cm³/mol. The van der Waals surface area contributed by atoms with Crippen molar-refractivity contribution < 1.29 is 9.13 Å². The minimum atomic E-state index is -0.247. The van der Waals surface area contributed by atoms with Gasteiger partial charge in [-0.05, 0) is 43.8 Å². The summed E-state index contributed by atoms with van der Waals surface area (Å²) in [7, 11) is 1.89. The highest BCUT2D eigenvalue weighted by molar-refractivity contribution is 5.41. The van der Waals surface area contributed by atoms with Crippen molar-refractivity contribution in [2.75, 3.05) is 7.05 Å². The molecule has 2 nitrogen and oxygen atoms in total. The first-order chi connectivity index (χ1) is 8.70. The SMILES string of the molecule is CNCc1ccccc1Oc1ccc(F)cc1C. The van der Waals surface area contributed by atoms with Crippen LogP contribution in [0.4, 0.5) is 4.39 Å². The van der Waals surface area contributed by atoms with Crippen molar-refractivity contribution in [1.29, 1.82) is 0 Å². The molecule has 0 bridgehead atoms. The van der Waals surface area contributed by atoms with E-state index in [1.54, 1.807) is 6.07 Å². The highest BCUT2D eigenvalue weighted by Crippen LogP contribution is 2.28. The standard InChI is InChI=1S/C15H16FNO/c1-11-9-13(16)7-8-14(11)18-15-6-4-3-5-12(15)10-17-2/h3-9,17H,10H2,1-2H3. The van der Waals surface area contributed by atoms with Crippen LogP contribution in [-0.4, -0.2) is 7.05 Å². The minimum absolute atomic E-state index is 0.247. The van der Waals surface area contributed by atoms with Crippen LogP contribution in [-0.2, 0) is 6.54 Å². The van der Waals surface area contributed by atoms with Gasteiger partial charge in [0.25, 0.3) is 0 Å². The lowest BCUT2D eigenvalue weighted by atomic mass is 10.2. The summed E-state index contributed by atoms with van der Waals surface area (Å²) in [6.07, 6.45) is 0. The molecule has 94 valence electrons. The zero-order valence-corrected chi connectivity index (χ0v) is 10.5. The molecular weight excluding hydrogens is 229 g/mol. The van der Waals surface area contributed by atoms with Gasteiger partial charge in [0.05, 0.1) is 0 Å². The molecule has 0 saturated carbocycles. The van der Waals surface area contributed by atoms with Crippen LogP contribution in [0.2, 0.25) is 0 Å². The maximum Gasteiger partial charge on any atom is 0.131 e. The summed E-state index contributed by atoms with van der Waals surface area (Å²) < 4.78 is 18.9. The van der Waals surface area contributed by atoms with Gasteiger partial charge < -0.3 is 10.1 Å². The first-order valence-corrected chi connectivity index (χ1v) is 5.87.